The third kappa shape index (κ3) is 4.34. The fraction of sp³-hybridized carbons (Fsp3) is 0.400. The van der Waals surface area contributed by atoms with Gasteiger partial charge in [0.05, 0.1) is 12.4 Å². The van der Waals surface area contributed by atoms with Crippen molar-refractivity contribution in [3.63, 3.8) is 0 Å². The number of unbranched alkanes of at least 4 members (excludes halogenated alkanes) is 1. The Kier molecular flexibility index (Phi) is 4.97. The number of aliphatic hydroxyl groups is 1. The second-order valence-electron chi connectivity index (χ2n) is 4.64. The van der Waals surface area contributed by atoms with Crippen molar-refractivity contribution < 1.29 is 5.11 Å². The predicted molar refractivity (Wildman–Crippen MR) is 72.2 cm³/mol. The highest BCUT2D eigenvalue weighted by Crippen LogP contribution is 2.08. The third-order valence-corrected chi connectivity index (χ3v) is 3.08. The van der Waals surface area contributed by atoms with Gasteiger partial charge in [-0.15, -0.1) is 0 Å². The van der Waals surface area contributed by atoms with Crippen LogP contribution in [0.1, 0.15) is 24.8 Å². The first-order valence-electron chi connectivity index (χ1n) is 6.52. The van der Waals surface area contributed by atoms with E-state index < -0.39 is 0 Å². The van der Waals surface area contributed by atoms with Gasteiger partial charge in [-0.1, -0.05) is 36.8 Å². The van der Waals surface area contributed by atoms with Gasteiger partial charge in [-0.25, -0.2) is 4.98 Å². The number of aliphatic hydroxyl groups excluding tert-OH is 1. The van der Waals surface area contributed by atoms with Gasteiger partial charge in [0, 0.05) is 18.9 Å². The average molecular weight is 244 g/mol. The van der Waals surface area contributed by atoms with E-state index in [4.69, 9.17) is 0 Å². The van der Waals surface area contributed by atoms with Crippen molar-refractivity contribution in [1.82, 2.24) is 9.55 Å². The van der Waals surface area contributed by atoms with Gasteiger partial charge in [-0.05, 0) is 24.8 Å². The van der Waals surface area contributed by atoms with Crippen LogP contribution in [-0.2, 0) is 13.0 Å². The maximum Gasteiger partial charge on any atom is 0.0946 e. The minimum atomic E-state index is -0.269. The van der Waals surface area contributed by atoms with Crippen molar-refractivity contribution in [2.75, 3.05) is 0 Å². The van der Waals surface area contributed by atoms with E-state index >= 15 is 0 Å². The number of rotatable bonds is 7. The highest BCUT2D eigenvalue weighted by atomic mass is 16.3. The summed E-state index contributed by atoms with van der Waals surface area (Å²) in [5, 5.41) is 9.87. The van der Waals surface area contributed by atoms with Crippen LogP contribution >= 0.6 is 0 Å². The molecule has 0 aliphatic carbocycles. The molecule has 0 saturated heterocycles. The summed E-state index contributed by atoms with van der Waals surface area (Å²) in [4.78, 5) is 3.96. The molecule has 0 aliphatic rings. The molecular formula is C15H20N2O. The summed E-state index contributed by atoms with van der Waals surface area (Å²) in [6.45, 7) is 0.644. The van der Waals surface area contributed by atoms with E-state index in [1.54, 1.807) is 12.5 Å². The number of benzene rings is 1. The zero-order chi connectivity index (χ0) is 12.6. The summed E-state index contributed by atoms with van der Waals surface area (Å²) in [6.07, 6.45) is 9.23. The van der Waals surface area contributed by atoms with Gasteiger partial charge >= 0.3 is 0 Å². The molecular weight excluding hydrogens is 224 g/mol. The number of hydrogen-bond donors (Lipinski definition) is 1. The molecule has 0 bridgehead atoms. The van der Waals surface area contributed by atoms with Gasteiger partial charge in [0.25, 0.3) is 0 Å². The monoisotopic (exact) mass is 244 g/mol. The van der Waals surface area contributed by atoms with Gasteiger partial charge in [0.2, 0.25) is 0 Å². The lowest BCUT2D eigenvalue weighted by Gasteiger charge is -2.10. The van der Waals surface area contributed by atoms with Crippen molar-refractivity contribution in [2.45, 2.75) is 38.3 Å². The first-order valence-corrected chi connectivity index (χ1v) is 6.52. The molecule has 1 unspecified atom stereocenters. The van der Waals surface area contributed by atoms with E-state index in [0.717, 1.165) is 25.7 Å². The van der Waals surface area contributed by atoms with Gasteiger partial charge < -0.3 is 9.67 Å². The number of aryl methyl sites for hydroxylation is 1. The maximum absolute atomic E-state index is 9.87. The molecule has 1 atom stereocenters. The van der Waals surface area contributed by atoms with Crippen LogP contribution in [0.25, 0.3) is 0 Å². The van der Waals surface area contributed by atoms with Crippen LogP contribution in [0.3, 0.4) is 0 Å². The van der Waals surface area contributed by atoms with Crippen LogP contribution in [0, 0.1) is 0 Å². The molecule has 0 radical (unpaired) electrons. The van der Waals surface area contributed by atoms with E-state index in [-0.39, 0.29) is 6.10 Å². The van der Waals surface area contributed by atoms with Gasteiger partial charge in [0.1, 0.15) is 0 Å². The van der Waals surface area contributed by atoms with Gasteiger partial charge in [-0.3, -0.25) is 0 Å². The largest absolute Gasteiger partial charge is 0.391 e. The number of imidazole rings is 1. The minimum Gasteiger partial charge on any atom is -0.391 e. The molecule has 0 fully saturated rings. The third-order valence-electron chi connectivity index (χ3n) is 3.08. The molecule has 18 heavy (non-hydrogen) atoms. The average Bonchev–Trinajstić information content (AvgIpc) is 2.89. The molecule has 96 valence electrons. The molecule has 2 rings (SSSR count). The summed E-state index contributed by atoms with van der Waals surface area (Å²) in [5.41, 5.74) is 1.38. The first-order chi connectivity index (χ1) is 8.84. The summed E-state index contributed by atoms with van der Waals surface area (Å²) in [7, 11) is 0. The first kappa shape index (κ1) is 12.8. The van der Waals surface area contributed by atoms with Gasteiger partial charge in [0.15, 0.2) is 0 Å². The summed E-state index contributed by atoms with van der Waals surface area (Å²) in [6, 6.07) is 10.5. The fourth-order valence-corrected chi connectivity index (χ4v) is 2.08. The Hall–Kier alpha value is -1.61. The Bertz CT molecular complexity index is 425. The zero-order valence-electron chi connectivity index (χ0n) is 10.6. The number of nitrogens with zero attached hydrogens (tertiary/aromatic N) is 2. The number of aromatic nitrogens is 2. The zero-order valence-corrected chi connectivity index (χ0v) is 10.6. The van der Waals surface area contributed by atoms with E-state index in [9.17, 15) is 5.11 Å². The standard InChI is InChI=1S/C15H20N2O/c18-15(12-17-11-10-16-13-17)9-5-4-8-14-6-2-1-3-7-14/h1-3,6-7,10-11,13,15,18H,4-5,8-9,12H2. The SMILES string of the molecule is OC(CCCCc1ccccc1)Cn1ccnc1. The topological polar surface area (TPSA) is 38.0 Å². The van der Waals surface area contributed by atoms with Crippen molar-refractivity contribution >= 4 is 0 Å². The quantitative estimate of drug-likeness (QED) is 0.760. The summed E-state index contributed by atoms with van der Waals surface area (Å²) in [5.74, 6) is 0. The molecule has 1 N–H and O–H groups in total. The van der Waals surface area contributed by atoms with Crippen LogP contribution in [0.5, 0.6) is 0 Å². The Morgan fingerprint density at radius 2 is 2.00 bits per heavy atom. The second-order valence-corrected chi connectivity index (χ2v) is 4.64. The van der Waals surface area contributed by atoms with E-state index in [1.807, 2.05) is 16.8 Å². The molecule has 0 amide bonds. The Morgan fingerprint density at radius 3 is 2.72 bits per heavy atom. The lowest BCUT2D eigenvalue weighted by molar-refractivity contribution is 0.141. The van der Waals surface area contributed by atoms with Crippen LogP contribution in [-0.4, -0.2) is 20.8 Å². The normalized spacial score (nSPS) is 12.5. The van der Waals surface area contributed by atoms with E-state index in [1.165, 1.54) is 5.56 Å². The minimum absolute atomic E-state index is 0.269. The van der Waals surface area contributed by atoms with Crippen LogP contribution in [0.4, 0.5) is 0 Å². The highest BCUT2D eigenvalue weighted by Gasteiger charge is 2.04. The van der Waals surface area contributed by atoms with Gasteiger partial charge in [-0.2, -0.15) is 0 Å². The molecule has 0 aliphatic heterocycles. The number of hydrogen-bond acceptors (Lipinski definition) is 2. The van der Waals surface area contributed by atoms with Crippen LogP contribution in [0.15, 0.2) is 49.1 Å². The van der Waals surface area contributed by atoms with E-state index in [2.05, 4.69) is 29.2 Å². The van der Waals surface area contributed by atoms with Crippen molar-refractivity contribution in [3.8, 4) is 0 Å². The van der Waals surface area contributed by atoms with Crippen molar-refractivity contribution in [3.05, 3.63) is 54.6 Å². The molecule has 1 heterocycles. The smallest absolute Gasteiger partial charge is 0.0946 e. The Morgan fingerprint density at radius 1 is 1.17 bits per heavy atom. The maximum atomic E-state index is 9.87. The van der Waals surface area contributed by atoms with Crippen molar-refractivity contribution in [1.29, 1.82) is 0 Å². The molecule has 0 spiro atoms. The lowest BCUT2D eigenvalue weighted by Crippen LogP contribution is -2.14. The molecule has 1 aromatic heterocycles. The molecule has 2 aromatic rings. The molecule has 3 nitrogen and oxygen atoms in total. The summed E-state index contributed by atoms with van der Waals surface area (Å²) >= 11 is 0. The Labute approximate surface area is 108 Å². The molecule has 0 saturated carbocycles. The van der Waals surface area contributed by atoms with Crippen molar-refractivity contribution in [2.24, 2.45) is 0 Å². The summed E-state index contributed by atoms with van der Waals surface area (Å²) < 4.78 is 1.92. The molecule has 1 aromatic carbocycles. The van der Waals surface area contributed by atoms with E-state index in [0.29, 0.717) is 6.54 Å². The van der Waals surface area contributed by atoms with Crippen LogP contribution < -0.4 is 0 Å². The lowest BCUT2D eigenvalue weighted by atomic mass is 10.1. The highest BCUT2D eigenvalue weighted by molar-refractivity contribution is 5.14. The molecule has 3 heteroatoms. The predicted octanol–water partition coefficient (Wildman–Crippen LogP) is 2.66. The fourth-order valence-electron chi connectivity index (χ4n) is 2.08. The van der Waals surface area contributed by atoms with Crippen LogP contribution in [0.2, 0.25) is 0 Å². The second kappa shape index (κ2) is 6.97. The Balaban J connectivity index is 1.60.